The molecule has 0 bridgehead atoms. The molecule has 0 aliphatic rings. The van der Waals surface area contributed by atoms with Gasteiger partial charge in [-0.1, -0.05) is 12.1 Å². The summed E-state index contributed by atoms with van der Waals surface area (Å²) in [4.78, 5) is 0. The average Bonchev–Trinajstić information content (AvgIpc) is 2.76. The third-order valence-corrected chi connectivity index (χ3v) is 2.64. The van der Waals surface area contributed by atoms with Gasteiger partial charge in [0.2, 0.25) is 0 Å². The van der Waals surface area contributed by atoms with E-state index in [4.69, 9.17) is 4.74 Å². The second kappa shape index (κ2) is 6.21. The summed E-state index contributed by atoms with van der Waals surface area (Å²) in [6, 6.07) is 10.1. The number of aromatic nitrogens is 2. The van der Waals surface area contributed by atoms with Gasteiger partial charge in [0.1, 0.15) is 12.4 Å². The molecule has 0 unspecified atom stereocenters. The minimum Gasteiger partial charge on any atom is -0.492 e. The van der Waals surface area contributed by atoms with Crippen molar-refractivity contribution in [1.82, 2.24) is 15.1 Å². The molecule has 0 fully saturated rings. The Labute approximate surface area is 108 Å². The smallest absolute Gasteiger partial charge is 0.119 e. The molecular formula is C14H19N3O. The summed E-state index contributed by atoms with van der Waals surface area (Å²) < 4.78 is 7.61. The Kier molecular flexibility index (Phi) is 4.36. The molecule has 0 radical (unpaired) electrons. The second-order valence-corrected chi connectivity index (χ2v) is 4.25. The maximum absolute atomic E-state index is 5.72. The second-order valence-electron chi connectivity index (χ2n) is 4.25. The van der Waals surface area contributed by atoms with Crippen molar-refractivity contribution in [2.75, 3.05) is 13.7 Å². The molecule has 18 heavy (non-hydrogen) atoms. The van der Waals surface area contributed by atoms with E-state index in [9.17, 15) is 0 Å². The molecule has 2 aromatic rings. The van der Waals surface area contributed by atoms with Crippen molar-refractivity contribution >= 4 is 0 Å². The Morgan fingerprint density at radius 2 is 2.22 bits per heavy atom. The quantitative estimate of drug-likeness (QED) is 0.846. The van der Waals surface area contributed by atoms with Gasteiger partial charge in [0, 0.05) is 12.7 Å². The SMILES string of the molecule is CNCc1cccc(OCCn2ccc(C)n2)c1. The topological polar surface area (TPSA) is 39.1 Å². The van der Waals surface area contributed by atoms with E-state index in [1.54, 1.807) is 0 Å². The van der Waals surface area contributed by atoms with Crippen molar-refractivity contribution in [3.8, 4) is 5.75 Å². The first kappa shape index (κ1) is 12.6. The van der Waals surface area contributed by atoms with Crippen LogP contribution >= 0.6 is 0 Å². The van der Waals surface area contributed by atoms with Gasteiger partial charge in [0.15, 0.2) is 0 Å². The summed E-state index contributed by atoms with van der Waals surface area (Å²) in [5, 5.41) is 7.44. The predicted molar refractivity (Wildman–Crippen MR) is 71.7 cm³/mol. The summed E-state index contributed by atoms with van der Waals surface area (Å²) in [6.45, 7) is 4.24. The van der Waals surface area contributed by atoms with E-state index in [1.807, 2.05) is 43.0 Å². The van der Waals surface area contributed by atoms with Gasteiger partial charge in [-0.05, 0) is 37.7 Å². The van der Waals surface area contributed by atoms with Crippen LogP contribution in [0.2, 0.25) is 0 Å². The van der Waals surface area contributed by atoms with Gasteiger partial charge in [0.25, 0.3) is 0 Å². The third kappa shape index (κ3) is 3.60. The van der Waals surface area contributed by atoms with Crippen LogP contribution in [0.25, 0.3) is 0 Å². The van der Waals surface area contributed by atoms with E-state index in [0.717, 1.165) is 24.5 Å². The van der Waals surface area contributed by atoms with Crippen LogP contribution < -0.4 is 10.1 Å². The van der Waals surface area contributed by atoms with E-state index in [2.05, 4.69) is 22.5 Å². The zero-order chi connectivity index (χ0) is 12.8. The van der Waals surface area contributed by atoms with Crippen molar-refractivity contribution in [1.29, 1.82) is 0 Å². The van der Waals surface area contributed by atoms with Crippen molar-refractivity contribution in [3.05, 3.63) is 47.8 Å². The Bertz CT molecular complexity index is 493. The van der Waals surface area contributed by atoms with Crippen LogP contribution in [0, 0.1) is 6.92 Å². The van der Waals surface area contributed by atoms with Gasteiger partial charge in [-0.3, -0.25) is 4.68 Å². The van der Waals surface area contributed by atoms with Gasteiger partial charge in [-0.25, -0.2) is 0 Å². The van der Waals surface area contributed by atoms with Crippen molar-refractivity contribution < 1.29 is 4.74 Å². The minimum atomic E-state index is 0.629. The average molecular weight is 245 g/mol. The normalized spacial score (nSPS) is 10.6. The van der Waals surface area contributed by atoms with Crippen LogP contribution in [0.5, 0.6) is 5.75 Å². The molecule has 96 valence electrons. The van der Waals surface area contributed by atoms with Gasteiger partial charge in [-0.2, -0.15) is 5.10 Å². The zero-order valence-electron chi connectivity index (χ0n) is 10.9. The molecule has 0 saturated heterocycles. The lowest BCUT2D eigenvalue weighted by Crippen LogP contribution is -2.09. The van der Waals surface area contributed by atoms with E-state index in [0.29, 0.717) is 6.61 Å². The molecule has 2 rings (SSSR count). The monoisotopic (exact) mass is 245 g/mol. The van der Waals surface area contributed by atoms with E-state index in [1.165, 1.54) is 5.56 Å². The molecule has 4 heteroatoms. The first-order valence-electron chi connectivity index (χ1n) is 6.14. The highest BCUT2D eigenvalue weighted by Crippen LogP contribution is 2.13. The molecule has 0 spiro atoms. The van der Waals surface area contributed by atoms with Gasteiger partial charge >= 0.3 is 0 Å². The minimum absolute atomic E-state index is 0.629. The molecule has 4 nitrogen and oxygen atoms in total. The van der Waals surface area contributed by atoms with Crippen LogP contribution in [-0.2, 0) is 13.1 Å². The maximum atomic E-state index is 5.72. The number of hydrogen-bond acceptors (Lipinski definition) is 3. The lowest BCUT2D eigenvalue weighted by Gasteiger charge is -2.08. The molecule has 0 amide bonds. The highest BCUT2D eigenvalue weighted by Gasteiger charge is 1.98. The van der Waals surface area contributed by atoms with Crippen LogP contribution in [0.1, 0.15) is 11.3 Å². The van der Waals surface area contributed by atoms with Crippen molar-refractivity contribution in [2.45, 2.75) is 20.0 Å². The first-order chi connectivity index (χ1) is 8.78. The summed E-state index contributed by atoms with van der Waals surface area (Å²) in [5.74, 6) is 0.909. The molecule has 0 saturated carbocycles. The predicted octanol–water partition coefficient (Wildman–Crippen LogP) is 1.99. The van der Waals surface area contributed by atoms with Gasteiger partial charge < -0.3 is 10.1 Å². The molecule has 1 aromatic carbocycles. The summed E-state index contributed by atoms with van der Waals surface area (Å²) in [7, 11) is 1.94. The molecule has 1 N–H and O–H groups in total. The maximum Gasteiger partial charge on any atom is 0.119 e. The fraction of sp³-hybridized carbons (Fsp3) is 0.357. The molecule has 0 aliphatic carbocycles. The molecule has 0 aliphatic heterocycles. The Hall–Kier alpha value is -1.81. The summed E-state index contributed by atoms with van der Waals surface area (Å²) >= 11 is 0. The highest BCUT2D eigenvalue weighted by atomic mass is 16.5. The first-order valence-corrected chi connectivity index (χ1v) is 6.14. The number of nitrogens with one attached hydrogen (secondary N) is 1. The number of aryl methyl sites for hydroxylation is 1. The van der Waals surface area contributed by atoms with Crippen LogP contribution in [0.4, 0.5) is 0 Å². The van der Waals surface area contributed by atoms with E-state index < -0.39 is 0 Å². The Morgan fingerprint density at radius 3 is 2.94 bits per heavy atom. The van der Waals surface area contributed by atoms with Crippen molar-refractivity contribution in [2.24, 2.45) is 0 Å². The Morgan fingerprint density at radius 1 is 1.33 bits per heavy atom. The highest BCUT2D eigenvalue weighted by molar-refractivity contribution is 5.28. The van der Waals surface area contributed by atoms with Gasteiger partial charge in [0.05, 0.1) is 12.2 Å². The molecule has 1 aromatic heterocycles. The van der Waals surface area contributed by atoms with Crippen LogP contribution in [0.15, 0.2) is 36.5 Å². The zero-order valence-corrected chi connectivity index (χ0v) is 10.9. The summed E-state index contributed by atoms with van der Waals surface area (Å²) in [6.07, 6.45) is 1.97. The molecular weight excluding hydrogens is 226 g/mol. The summed E-state index contributed by atoms with van der Waals surface area (Å²) in [5.41, 5.74) is 2.26. The number of ether oxygens (including phenoxy) is 1. The van der Waals surface area contributed by atoms with Crippen LogP contribution in [0.3, 0.4) is 0 Å². The van der Waals surface area contributed by atoms with Crippen molar-refractivity contribution in [3.63, 3.8) is 0 Å². The lowest BCUT2D eigenvalue weighted by atomic mass is 10.2. The number of hydrogen-bond donors (Lipinski definition) is 1. The lowest BCUT2D eigenvalue weighted by molar-refractivity contribution is 0.291. The fourth-order valence-electron chi connectivity index (χ4n) is 1.79. The van der Waals surface area contributed by atoms with Crippen LogP contribution in [-0.4, -0.2) is 23.4 Å². The van der Waals surface area contributed by atoms with E-state index in [-0.39, 0.29) is 0 Å². The number of benzene rings is 1. The fourth-order valence-corrected chi connectivity index (χ4v) is 1.79. The molecule has 0 atom stereocenters. The largest absolute Gasteiger partial charge is 0.492 e. The third-order valence-electron chi connectivity index (χ3n) is 2.64. The Balaban J connectivity index is 1.84. The standard InChI is InChI=1S/C14H19N3O/c1-12-6-7-17(16-12)8-9-18-14-5-3-4-13(10-14)11-15-2/h3-7,10,15H,8-9,11H2,1-2H3. The number of rotatable bonds is 6. The van der Waals surface area contributed by atoms with E-state index >= 15 is 0 Å². The number of nitrogens with zero attached hydrogens (tertiary/aromatic N) is 2. The molecule has 1 heterocycles. The van der Waals surface area contributed by atoms with Gasteiger partial charge in [-0.15, -0.1) is 0 Å².